The summed E-state index contributed by atoms with van der Waals surface area (Å²) in [5, 5.41) is 0. The van der Waals surface area contributed by atoms with Crippen molar-refractivity contribution in [2.75, 3.05) is 0 Å². The van der Waals surface area contributed by atoms with Gasteiger partial charge < -0.3 is 0 Å². The van der Waals surface area contributed by atoms with Crippen molar-refractivity contribution in [1.82, 2.24) is 0 Å². The van der Waals surface area contributed by atoms with Crippen molar-refractivity contribution in [3.05, 3.63) is 45.7 Å². The zero-order valence-corrected chi connectivity index (χ0v) is 11.8. The first-order chi connectivity index (χ1) is 8.20. The molecule has 1 aliphatic rings. The van der Waals surface area contributed by atoms with Gasteiger partial charge in [-0.1, -0.05) is 23.7 Å². The van der Waals surface area contributed by atoms with E-state index in [1.165, 1.54) is 0 Å². The molecule has 0 saturated heterocycles. The fraction of sp³-hybridized carbons (Fsp3) is 0.429. The first-order valence-electron chi connectivity index (χ1n) is 5.92. The summed E-state index contributed by atoms with van der Waals surface area (Å²) >= 11 is 8.78. The van der Waals surface area contributed by atoms with Gasteiger partial charge in [0.2, 0.25) is 0 Å². The lowest BCUT2D eigenvalue weighted by Crippen LogP contribution is -2.11. The van der Waals surface area contributed by atoms with Crippen LogP contribution in [0.5, 0.6) is 0 Å². The fourth-order valence-electron chi connectivity index (χ4n) is 2.51. The van der Waals surface area contributed by atoms with Crippen LogP contribution in [0.1, 0.15) is 37.2 Å². The molecule has 0 spiro atoms. The SMILES string of the molecule is Fc1cc(C2CCC(C=CCl)CC2)ccc1Br. The van der Waals surface area contributed by atoms with Crippen LogP contribution in [0, 0.1) is 11.7 Å². The topological polar surface area (TPSA) is 0 Å². The largest absolute Gasteiger partial charge is 0.206 e. The van der Waals surface area contributed by atoms with E-state index in [2.05, 4.69) is 22.0 Å². The molecule has 1 aromatic rings. The molecule has 17 heavy (non-hydrogen) atoms. The summed E-state index contributed by atoms with van der Waals surface area (Å²) in [4.78, 5) is 0. The lowest BCUT2D eigenvalue weighted by Gasteiger charge is -2.27. The van der Waals surface area contributed by atoms with Crippen LogP contribution in [0.2, 0.25) is 0 Å². The highest BCUT2D eigenvalue weighted by molar-refractivity contribution is 9.10. The van der Waals surface area contributed by atoms with Crippen molar-refractivity contribution in [3.63, 3.8) is 0 Å². The van der Waals surface area contributed by atoms with E-state index in [4.69, 9.17) is 11.6 Å². The van der Waals surface area contributed by atoms with Crippen molar-refractivity contribution in [2.24, 2.45) is 5.92 Å². The van der Waals surface area contributed by atoms with Gasteiger partial charge in [0.05, 0.1) is 4.47 Å². The fourth-order valence-corrected chi connectivity index (χ4v) is 2.97. The monoisotopic (exact) mass is 316 g/mol. The molecule has 0 radical (unpaired) electrons. The Morgan fingerprint density at radius 3 is 2.53 bits per heavy atom. The molecule has 0 nitrogen and oxygen atoms in total. The number of rotatable bonds is 2. The third kappa shape index (κ3) is 3.32. The van der Waals surface area contributed by atoms with E-state index in [9.17, 15) is 4.39 Å². The average molecular weight is 318 g/mol. The Bertz CT molecular complexity index is 409. The van der Waals surface area contributed by atoms with Crippen molar-refractivity contribution in [2.45, 2.75) is 31.6 Å². The maximum atomic E-state index is 13.5. The Labute approximate surface area is 115 Å². The second-order valence-electron chi connectivity index (χ2n) is 4.60. The molecule has 0 N–H and O–H groups in total. The molecule has 0 heterocycles. The van der Waals surface area contributed by atoms with Gasteiger partial charge in [-0.05, 0) is 71.1 Å². The van der Waals surface area contributed by atoms with Crippen LogP contribution >= 0.6 is 27.5 Å². The molecule has 92 valence electrons. The molecule has 1 aliphatic carbocycles. The maximum Gasteiger partial charge on any atom is 0.137 e. The van der Waals surface area contributed by atoms with Gasteiger partial charge in [-0.2, -0.15) is 0 Å². The van der Waals surface area contributed by atoms with Crippen LogP contribution in [0.25, 0.3) is 0 Å². The third-order valence-corrected chi connectivity index (χ3v) is 4.32. The first-order valence-corrected chi connectivity index (χ1v) is 7.15. The zero-order valence-electron chi connectivity index (χ0n) is 9.50. The van der Waals surface area contributed by atoms with Gasteiger partial charge in [0, 0.05) is 5.54 Å². The summed E-state index contributed by atoms with van der Waals surface area (Å²) in [5.41, 5.74) is 2.74. The van der Waals surface area contributed by atoms with Gasteiger partial charge in [-0.15, -0.1) is 0 Å². The summed E-state index contributed by atoms with van der Waals surface area (Å²) < 4.78 is 14.0. The van der Waals surface area contributed by atoms with Gasteiger partial charge in [-0.25, -0.2) is 4.39 Å². The Morgan fingerprint density at radius 1 is 1.24 bits per heavy atom. The van der Waals surface area contributed by atoms with Crippen LogP contribution < -0.4 is 0 Å². The second-order valence-corrected chi connectivity index (χ2v) is 5.71. The van der Waals surface area contributed by atoms with E-state index in [1.54, 1.807) is 17.7 Å². The number of allylic oxidation sites excluding steroid dienone is 1. The minimum Gasteiger partial charge on any atom is -0.206 e. The normalized spacial score (nSPS) is 25.4. The van der Waals surface area contributed by atoms with Gasteiger partial charge in [0.15, 0.2) is 0 Å². The molecule has 1 saturated carbocycles. The van der Waals surface area contributed by atoms with E-state index in [1.807, 2.05) is 6.07 Å². The summed E-state index contributed by atoms with van der Waals surface area (Å²) in [5.74, 6) is 0.937. The van der Waals surface area contributed by atoms with Crippen LogP contribution in [0.15, 0.2) is 34.3 Å². The first kappa shape index (κ1) is 13.1. The molecule has 0 atom stereocenters. The molecule has 3 heteroatoms. The molecular formula is C14H15BrClF. The number of hydrogen-bond acceptors (Lipinski definition) is 0. The quantitative estimate of drug-likeness (QED) is 0.664. The van der Waals surface area contributed by atoms with Gasteiger partial charge in [0.1, 0.15) is 5.82 Å². The molecule has 0 unspecified atom stereocenters. The van der Waals surface area contributed by atoms with E-state index in [0.29, 0.717) is 16.3 Å². The molecular weight excluding hydrogens is 303 g/mol. The van der Waals surface area contributed by atoms with Crippen molar-refractivity contribution in [3.8, 4) is 0 Å². The van der Waals surface area contributed by atoms with Crippen LogP contribution in [0.3, 0.4) is 0 Å². The summed E-state index contributed by atoms with van der Waals surface area (Å²) in [6.07, 6.45) is 6.59. The Hall–Kier alpha value is -0.340. The van der Waals surface area contributed by atoms with Crippen LogP contribution in [-0.2, 0) is 0 Å². The summed E-state index contributed by atoms with van der Waals surface area (Å²) in [7, 11) is 0. The highest BCUT2D eigenvalue weighted by Gasteiger charge is 2.21. The highest BCUT2D eigenvalue weighted by Crippen LogP contribution is 2.37. The van der Waals surface area contributed by atoms with Crippen molar-refractivity contribution >= 4 is 27.5 Å². The molecule has 1 fully saturated rings. The van der Waals surface area contributed by atoms with Gasteiger partial charge in [0.25, 0.3) is 0 Å². The molecule has 1 aromatic carbocycles. The Balaban J connectivity index is 2.02. The highest BCUT2D eigenvalue weighted by atomic mass is 79.9. The van der Waals surface area contributed by atoms with Crippen molar-refractivity contribution < 1.29 is 4.39 Å². The number of halogens is 3. The van der Waals surface area contributed by atoms with Crippen LogP contribution in [-0.4, -0.2) is 0 Å². The van der Waals surface area contributed by atoms with E-state index in [-0.39, 0.29) is 5.82 Å². The molecule has 0 bridgehead atoms. The standard InChI is InChI=1S/C14H15BrClF/c15-13-6-5-12(9-14(13)17)11-3-1-10(2-4-11)7-8-16/h5-11H,1-4H2. The van der Waals surface area contributed by atoms with Gasteiger partial charge >= 0.3 is 0 Å². The van der Waals surface area contributed by atoms with E-state index < -0.39 is 0 Å². The minimum atomic E-state index is -0.162. The average Bonchev–Trinajstić information content (AvgIpc) is 2.34. The molecule has 0 aromatic heterocycles. The van der Waals surface area contributed by atoms with Crippen molar-refractivity contribution in [1.29, 1.82) is 0 Å². The zero-order chi connectivity index (χ0) is 12.3. The molecule has 2 rings (SSSR count). The van der Waals surface area contributed by atoms with Gasteiger partial charge in [-0.3, -0.25) is 0 Å². The smallest absolute Gasteiger partial charge is 0.137 e. The lowest BCUT2D eigenvalue weighted by atomic mass is 9.79. The Kier molecular flexibility index (Phi) is 4.63. The predicted octanol–water partition coefficient (Wildman–Crippen LogP) is 5.61. The Morgan fingerprint density at radius 2 is 1.94 bits per heavy atom. The minimum absolute atomic E-state index is 0.162. The number of hydrogen-bond donors (Lipinski definition) is 0. The maximum absolute atomic E-state index is 13.5. The predicted molar refractivity (Wildman–Crippen MR) is 73.8 cm³/mol. The molecule has 0 amide bonds. The van der Waals surface area contributed by atoms with E-state index >= 15 is 0 Å². The summed E-state index contributed by atoms with van der Waals surface area (Å²) in [6.45, 7) is 0. The van der Waals surface area contributed by atoms with E-state index in [0.717, 1.165) is 31.2 Å². The lowest BCUT2D eigenvalue weighted by molar-refractivity contribution is 0.375. The second kappa shape index (κ2) is 6.01. The van der Waals surface area contributed by atoms with Crippen LogP contribution in [0.4, 0.5) is 4.39 Å². The third-order valence-electron chi connectivity index (χ3n) is 3.53. The number of benzene rings is 1. The molecule has 0 aliphatic heterocycles. The summed E-state index contributed by atoms with van der Waals surface area (Å²) in [6, 6.07) is 5.48.